The van der Waals surface area contributed by atoms with Gasteiger partial charge >= 0.3 is 5.97 Å². The molecule has 0 aliphatic heterocycles. The van der Waals surface area contributed by atoms with E-state index in [4.69, 9.17) is 9.84 Å². The molecule has 0 bridgehead atoms. The fourth-order valence-corrected chi connectivity index (χ4v) is 3.12. The van der Waals surface area contributed by atoms with Crippen LogP contribution in [0.25, 0.3) is 0 Å². The van der Waals surface area contributed by atoms with Gasteiger partial charge in [0.1, 0.15) is 0 Å². The largest absolute Gasteiger partial charge is 0.481 e. The number of hydrogen-bond donors (Lipinski definition) is 1. The van der Waals surface area contributed by atoms with E-state index in [1.54, 1.807) is 0 Å². The molecule has 0 heterocycles. The summed E-state index contributed by atoms with van der Waals surface area (Å²) in [7, 11) is 0. The van der Waals surface area contributed by atoms with Crippen LogP contribution in [-0.4, -0.2) is 23.3 Å². The summed E-state index contributed by atoms with van der Waals surface area (Å²) in [5.41, 5.74) is 0.323. The van der Waals surface area contributed by atoms with Gasteiger partial charge in [0.25, 0.3) is 0 Å². The molecule has 0 saturated heterocycles. The summed E-state index contributed by atoms with van der Waals surface area (Å²) in [5, 5.41) is 8.82. The van der Waals surface area contributed by atoms with Gasteiger partial charge in [-0.2, -0.15) is 0 Å². The first-order valence-corrected chi connectivity index (χ1v) is 6.69. The van der Waals surface area contributed by atoms with Crippen LogP contribution in [0.3, 0.4) is 0 Å². The molecule has 1 rings (SSSR count). The summed E-state index contributed by atoms with van der Waals surface area (Å²) in [5.74, 6) is -0.0916. The second-order valence-corrected chi connectivity index (χ2v) is 6.30. The van der Waals surface area contributed by atoms with Crippen molar-refractivity contribution in [2.24, 2.45) is 11.3 Å². The molecule has 0 aromatic heterocycles. The van der Waals surface area contributed by atoms with Crippen LogP contribution in [0.4, 0.5) is 0 Å². The number of aliphatic carboxylic acids is 1. The van der Waals surface area contributed by atoms with Gasteiger partial charge < -0.3 is 9.84 Å². The van der Waals surface area contributed by atoms with E-state index >= 15 is 0 Å². The van der Waals surface area contributed by atoms with Crippen molar-refractivity contribution in [2.45, 2.75) is 72.0 Å². The minimum Gasteiger partial charge on any atom is -0.481 e. The van der Waals surface area contributed by atoms with Gasteiger partial charge in [-0.05, 0) is 37.0 Å². The first-order valence-electron chi connectivity index (χ1n) is 6.69. The van der Waals surface area contributed by atoms with E-state index in [1.165, 1.54) is 6.42 Å². The second-order valence-electron chi connectivity index (χ2n) is 6.30. The highest BCUT2D eigenvalue weighted by Crippen LogP contribution is 2.40. The van der Waals surface area contributed by atoms with Gasteiger partial charge in [-0.15, -0.1) is 0 Å². The molecule has 0 aromatic carbocycles. The third-order valence-electron chi connectivity index (χ3n) is 3.59. The fraction of sp³-hybridized carbons (Fsp3) is 0.929. The Balaban J connectivity index is 2.51. The highest BCUT2D eigenvalue weighted by molar-refractivity contribution is 5.67. The quantitative estimate of drug-likeness (QED) is 0.803. The average molecular weight is 242 g/mol. The molecule has 1 saturated carbocycles. The molecule has 3 heteroatoms. The second kappa shape index (κ2) is 5.85. The third kappa shape index (κ3) is 5.07. The van der Waals surface area contributed by atoms with Crippen molar-refractivity contribution in [3.05, 3.63) is 0 Å². The van der Waals surface area contributed by atoms with Crippen molar-refractivity contribution in [2.75, 3.05) is 0 Å². The van der Waals surface area contributed by atoms with Crippen LogP contribution in [-0.2, 0) is 9.53 Å². The summed E-state index contributed by atoms with van der Waals surface area (Å²) < 4.78 is 5.98. The lowest BCUT2D eigenvalue weighted by Crippen LogP contribution is -2.35. The molecular weight excluding hydrogens is 216 g/mol. The minimum atomic E-state index is -0.764. The Labute approximate surface area is 105 Å². The summed E-state index contributed by atoms with van der Waals surface area (Å²) in [4.78, 5) is 10.7. The molecule has 1 fully saturated rings. The van der Waals surface area contributed by atoms with E-state index in [2.05, 4.69) is 20.8 Å². The van der Waals surface area contributed by atoms with E-state index in [1.807, 2.05) is 6.92 Å². The Morgan fingerprint density at radius 3 is 2.59 bits per heavy atom. The lowest BCUT2D eigenvalue weighted by molar-refractivity contribution is -0.143. The number of carboxylic acid groups (broad SMARTS) is 1. The third-order valence-corrected chi connectivity index (χ3v) is 3.59. The number of hydrogen-bond acceptors (Lipinski definition) is 2. The Hall–Kier alpha value is -0.570. The number of ether oxygens (including phenoxy) is 1. The molecule has 3 unspecified atom stereocenters. The van der Waals surface area contributed by atoms with Gasteiger partial charge in [-0.3, -0.25) is 4.79 Å². The van der Waals surface area contributed by atoms with E-state index < -0.39 is 5.97 Å². The Kier molecular flexibility index (Phi) is 4.99. The molecular formula is C14H26O3. The van der Waals surface area contributed by atoms with Gasteiger partial charge in [0.2, 0.25) is 0 Å². The fourth-order valence-electron chi connectivity index (χ4n) is 3.12. The van der Waals surface area contributed by atoms with Crippen LogP contribution >= 0.6 is 0 Å². The predicted octanol–water partition coefficient (Wildman–Crippen LogP) is 3.47. The zero-order valence-corrected chi connectivity index (χ0v) is 11.5. The molecule has 1 aliphatic carbocycles. The summed E-state index contributed by atoms with van der Waals surface area (Å²) >= 11 is 0. The molecule has 3 nitrogen and oxygen atoms in total. The highest BCUT2D eigenvalue weighted by Gasteiger charge is 2.33. The number of carboxylic acids is 1. The van der Waals surface area contributed by atoms with E-state index in [9.17, 15) is 4.79 Å². The maximum absolute atomic E-state index is 10.7. The standard InChI is InChI=1S/C14H26O3/c1-5-11(7-13(15)16)17-12-6-10(2)8-14(3,4)9-12/h10-12H,5-9H2,1-4H3,(H,15,16). The van der Waals surface area contributed by atoms with Crippen LogP contribution < -0.4 is 0 Å². The van der Waals surface area contributed by atoms with Gasteiger partial charge in [-0.25, -0.2) is 0 Å². The van der Waals surface area contributed by atoms with Crippen LogP contribution in [0.1, 0.15) is 59.8 Å². The molecule has 0 aromatic rings. The normalized spacial score (nSPS) is 29.9. The van der Waals surface area contributed by atoms with E-state index in [0.717, 1.165) is 19.3 Å². The maximum Gasteiger partial charge on any atom is 0.305 e. The molecule has 0 radical (unpaired) electrons. The average Bonchev–Trinajstić information content (AvgIpc) is 2.12. The lowest BCUT2D eigenvalue weighted by Gasteiger charge is -2.40. The zero-order valence-electron chi connectivity index (χ0n) is 11.5. The first-order chi connectivity index (χ1) is 7.82. The Morgan fingerprint density at radius 2 is 2.12 bits per heavy atom. The topological polar surface area (TPSA) is 46.5 Å². The molecule has 17 heavy (non-hydrogen) atoms. The summed E-state index contributed by atoms with van der Waals surface area (Å²) in [6.07, 6.45) is 4.37. The first kappa shape index (κ1) is 14.5. The molecule has 0 amide bonds. The molecule has 3 atom stereocenters. The highest BCUT2D eigenvalue weighted by atomic mass is 16.5. The van der Waals surface area contributed by atoms with Crippen LogP contribution in [0.15, 0.2) is 0 Å². The van der Waals surface area contributed by atoms with Crippen molar-refractivity contribution in [1.29, 1.82) is 0 Å². The lowest BCUT2D eigenvalue weighted by atomic mass is 9.71. The Bertz CT molecular complexity index is 260. The smallest absolute Gasteiger partial charge is 0.305 e. The van der Waals surface area contributed by atoms with Crippen LogP contribution in [0, 0.1) is 11.3 Å². The Morgan fingerprint density at radius 1 is 1.47 bits per heavy atom. The van der Waals surface area contributed by atoms with Crippen molar-refractivity contribution in [1.82, 2.24) is 0 Å². The van der Waals surface area contributed by atoms with E-state index in [0.29, 0.717) is 11.3 Å². The zero-order chi connectivity index (χ0) is 13.1. The van der Waals surface area contributed by atoms with Crippen molar-refractivity contribution < 1.29 is 14.6 Å². The van der Waals surface area contributed by atoms with Gasteiger partial charge in [-0.1, -0.05) is 27.7 Å². The maximum atomic E-state index is 10.7. The van der Waals surface area contributed by atoms with Crippen LogP contribution in [0.5, 0.6) is 0 Å². The molecule has 100 valence electrons. The van der Waals surface area contributed by atoms with Gasteiger partial charge in [0.15, 0.2) is 0 Å². The molecule has 1 N–H and O–H groups in total. The van der Waals surface area contributed by atoms with Gasteiger partial charge in [0.05, 0.1) is 18.6 Å². The summed E-state index contributed by atoms with van der Waals surface area (Å²) in [6, 6.07) is 0. The van der Waals surface area contributed by atoms with Crippen molar-refractivity contribution in [3.8, 4) is 0 Å². The molecule has 0 spiro atoms. The van der Waals surface area contributed by atoms with E-state index in [-0.39, 0.29) is 18.6 Å². The van der Waals surface area contributed by atoms with Gasteiger partial charge in [0, 0.05) is 0 Å². The number of rotatable bonds is 5. The van der Waals surface area contributed by atoms with Crippen LogP contribution in [0.2, 0.25) is 0 Å². The predicted molar refractivity (Wildman–Crippen MR) is 68.0 cm³/mol. The molecule has 1 aliphatic rings. The minimum absolute atomic E-state index is 0.126. The van der Waals surface area contributed by atoms with Crippen molar-refractivity contribution >= 4 is 5.97 Å². The summed E-state index contributed by atoms with van der Waals surface area (Å²) in [6.45, 7) is 8.80. The monoisotopic (exact) mass is 242 g/mol. The number of carbonyl (C=O) groups is 1. The SMILES string of the molecule is CCC(CC(=O)O)OC1CC(C)CC(C)(C)C1. The van der Waals surface area contributed by atoms with Crippen molar-refractivity contribution in [3.63, 3.8) is 0 Å².